The van der Waals surface area contributed by atoms with E-state index in [0.29, 0.717) is 19.0 Å². The van der Waals surface area contributed by atoms with Gasteiger partial charge < -0.3 is 15.3 Å². The van der Waals surface area contributed by atoms with E-state index in [0.717, 1.165) is 13.1 Å². The minimum absolute atomic E-state index is 0.450. The molecule has 90 valence electrons. The van der Waals surface area contributed by atoms with Crippen molar-refractivity contribution in [2.75, 3.05) is 26.2 Å². The highest BCUT2D eigenvalue weighted by molar-refractivity contribution is 5.73. The number of rotatable bonds is 8. The Kier molecular flexibility index (Phi) is 7.34. The second-order valence-corrected chi connectivity index (χ2v) is 4.19. The molecule has 0 fully saturated rings. The first-order valence-corrected chi connectivity index (χ1v) is 5.69. The van der Waals surface area contributed by atoms with E-state index in [1.165, 1.54) is 0 Å². The maximum Gasteiger partial charge on any atom is 0.322 e. The third-order valence-corrected chi connectivity index (χ3v) is 2.26. The van der Waals surface area contributed by atoms with E-state index < -0.39 is 12.0 Å². The first-order chi connectivity index (χ1) is 7.01. The van der Waals surface area contributed by atoms with Crippen LogP contribution in [0.5, 0.6) is 0 Å². The van der Waals surface area contributed by atoms with Gasteiger partial charge in [0.15, 0.2) is 0 Å². The van der Waals surface area contributed by atoms with Crippen LogP contribution in [-0.4, -0.2) is 48.2 Å². The molecule has 0 saturated heterocycles. The molecule has 0 aromatic carbocycles. The van der Waals surface area contributed by atoms with E-state index in [1.807, 2.05) is 6.92 Å². The molecule has 0 spiro atoms. The molecule has 0 aliphatic rings. The van der Waals surface area contributed by atoms with Gasteiger partial charge in [-0.2, -0.15) is 0 Å². The number of carboxylic acid groups (broad SMARTS) is 1. The van der Waals surface area contributed by atoms with Gasteiger partial charge >= 0.3 is 5.97 Å². The van der Waals surface area contributed by atoms with E-state index in [-0.39, 0.29) is 0 Å². The summed E-state index contributed by atoms with van der Waals surface area (Å²) in [6.45, 7) is 11.4. The van der Waals surface area contributed by atoms with E-state index in [2.05, 4.69) is 31.0 Å². The number of nitrogens with one attached hydrogen (secondary N) is 1. The molecule has 0 saturated carbocycles. The quantitative estimate of drug-likeness (QED) is 0.636. The molecular weight excluding hydrogens is 192 g/mol. The summed E-state index contributed by atoms with van der Waals surface area (Å²) >= 11 is 0. The summed E-state index contributed by atoms with van der Waals surface area (Å²) in [6.07, 6.45) is 0. The minimum Gasteiger partial charge on any atom is -0.480 e. The lowest BCUT2D eigenvalue weighted by atomic mass is 10.2. The smallest absolute Gasteiger partial charge is 0.322 e. The first kappa shape index (κ1) is 14.4. The molecule has 15 heavy (non-hydrogen) atoms. The predicted molar refractivity (Wildman–Crippen MR) is 62.1 cm³/mol. The summed E-state index contributed by atoms with van der Waals surface area (Å²) in [5.74, 6) is -0.194. The van der Waals surface area contributed by atoms with Crippen molar-refractivity contribution in [1.82, 2.24) is 10.2 Å². The predicted octanol–water partition coefficient (Wildman–Crippen LogP) is 1.03. The average molecular weight is 216 g/mol. The number of likely N-dealkylation sites (N-methyl/N-ethyl adjacent to an activating group) is 2. The number of aliphatic carboxylic acids is 1. The molecule has 4 nitrogen and oxygen atoms in total. The molecule has 0 aromatic heterocycles. The van der Waals surface area contributed by atoms with Crippen LogP contribution in [-0.2, 0) is 4.79 Å². The van der Waals surface area contributed by atoms with Gasteiger partial charge in [0.1, 0.15) is 6.04 Å². The van der Waals surface area contributed by atoms with Crippen molar-refractivity contribution in [1.29, 1.82) is 0 Å². The summed E-state index contributed by atoms with van der Waals surface area (Å²) in [5, 5.41) is 12.0. The molecule has 0 aliphatic carbocycles. The van der Waals surface area contributed by atoms with Crippen molar-refractivity contribution in [2.45, 2.75) is 33.7 Å². The Morgan fingerprint density at radius 3 is 2.27 bits per heavy atom. The second kappa shape index (κ2) is 7.65. The fourth-order valence-corrected chi connectivity index (χ4v) is 1.58. The molecule has 0 radical (unpaired) electrons. The van der Waals surface area contributed by atoms with E-state index in [4.69, 9.17) is 5.11 Å². The minimum atomic E-state index is -0.765. The largest absolute Gasteiger partial charge is 0.480 e. The fraction of sp³-hybridized carbons (Fsp3) is 0.909. The molecule has 0 heterocycles. The van der Waals surface area contributed by atoms with Crippen LogP contribution in [0, 0.1) is 5.92 Å². The van der Waals surface area contributed by atoms with Crippen LogP contribution < -0.4 is 5.32 Å². The standard InChI is InChI=1S/C11H24N2O2/c1-5-12-10(11(14)15)8-13(6-2)7-9(3)4/h9-10,12H,5-8H2,1-4H3,(H,14,15). The number of hydrogen-bond acceptors (Lipinski definition) is 3. The Balaban J connectivity index is 4.15. The Morgan fingerprint density at radius 1 is 1.33 bits per heavy atom. The topological polar surface area (TPSA) is 52.6 Å². The molecule has 0 rings (SSSR count). The monoisotopic (exact) mass is 216 g/mol. The Morgan fingerprint density at radius 2 is 1.93 bits per heavy atom. The van der Waals surface area contributed by atoms with Gasteiger partial charge in [0.25, 0.3) is 0 Å². The van der Waals surface area contributed by atoms with Crippen LogP contribution >= 0.6 is 0 Å². The van der Waals surface area contributed by atoms with Gasteiger partial charge in [-0.1, -0.05) is 27.7 Å². The zero-order valence-electron chi connectivity index (χ0n) is 10.3. The zero-order valence-corrected chi connectivity index (χ0v) is 10.3. The zero-order chi connectivity index (χ0) is 11.8. The number of carbonyl (C=O) groups is 1. The molecule has 4 heteroatoms. The summed E-state index contributed by atoms with van der Waals surface area (Å²) < 4.78 is 0. The SMILES string of the molecule is CCNC(CN(CC)CC(C)C)C(=O)O. The maximum atomic E-state index is 10.9. The van der Waals surface area contributed by atoms with Crippen LogP contribution in [0.3, 0.4) is 0 Å². The Hall–Kier alpha value is -0.610. The summed E-state index contributed by atoms with van der Waals surface area (Å²) in [7, 11) is 0. The van der Waals surface area contributed by atoms with Crippen molar-refractivity contribution >= 4 is 5.97 Å². The lowest BCUT2D eigenvalue weighted by molar-refractivity contribution is -0.140. The highest BCUT2D eigenvalue weighted by Gasteiger charge is 2.19. The third-order valence-electron chi connectivity index (χ3n) is 2.26. The van der Waals surface area contributed by atoms with Crippen LogP contribution in [0.4, 0.5) is 0 Å². The molecule has 0 amide bonds. The highest BCUT2D eigenvalue weighted by atomic mass is 16.4. The molecular formula is C11H24N2O2. The van der Waals surface area contributed by atoms with E-state index in [9.17, 15) is 4.79 Å². The van der Waals surface area contributed by atoms with Gasteiger partial charge in [0, 0.05) is 13.1 Å². The fourth-order valence-electron chi connectivity index (χ4n) is 1.58. The van der Waals surface area contributed by atoms with Crippen molar-refractivity contribution in [2.24, 2.45) is 5.92 Å². The third kappa shape index (κ3) is 6.47. The molecule has 1 unspecified atom stereocenters. The number of carboxylic acids is 1. The molecule has 0 aromatic rings. The Labute approximate surface area is 92.7 Å². The summed E-state index contributed by atoms with van der Waals surface area (Å²) in [4.78, 5) is 13.1. The van der Waals surface area contributed by atoms with Gasteiger partial charge in [-0.15, -0.1) is 0 Å². The van der Waals surface area contributed by atoms with Gasteiger partial charge in [0.05, 0.1) is 0 Å². The molecule has 2 N–H and O–H groups in total. The van der Waals surface area contributed by atoms with Crippen LogP contribution in [0.25, 0.3) is 0 Å². The van der Waals surface area contributed by atoms with Crippen LogP contribution in [0.1, 0.15) is 27.7 Å². The van der Waals surface area contributed by atoms with E-state index in [1.54, 1.807) is 0 Å². The molecule has 1 atom stereocenters. The summed E-state index contributed by atoms with van der Waals surface area (Å²) in [6, 6.07) is -0.450. The first-order valence-electron chi connectivity index (χ1n) is 5.69. The van der Waals surface area contributed by atoms with Crippen molar-refractivity contribution in [3.63, 3.8) is 0 Å². The normalized spacial score (nSPS) is 13.5. The average Bonchev–Trinajstić information content (AvgIpc) is 2.14. The van der Waals surface area contributed by atoms with Crippen molar-refractivity contribution in [3.05, 3.63) is 0 Å². The van der Waals surface area contributed by atoms with E-state index >= 15 is 0 Å². The Bertz CT molecular complexity index is 183. The van der Waals surface area contributed by atoms with Gasteiger partial charge in [0.2, 0.25) is 0 Å². The summed E-state index contributed by atoms with van der Waals surface area (Å²) in [5.41, 5.74) is 0. The van der Waals surface area contributed by atoms with Gasteiger partial charge in [-0.3, -0.25) is 4.79 Å². The second-order valence-electron chi connectivity index (χ2n) is 4.19. The molecule has 0 bridgehead atoms. The van der Waals surface area contributed by atoms with Crippen molar-refractivity contribution < 1.29 is 9.90 Å². The molecule has 0 aliphatic heterocycles. The maximum absolute atomic E-state index is 10.9. The number of nitrogens with zero attached hydrogens (tertiary/aromatic N) is 1. The van der Waals surface area contributed by atoms with Crippen LogP contribution in [0.2, 0.25) is 0 Å². The lowest BCUT2D eigenvalue weighted by Gasteiger charge is -2.26. The lowest BCUT2D eigenvalue weighted by Crippen LogP contribution is -2.46. The highest BCUT2D eigenvalue weighted by Crippen LogP contribution is 2.00. The van der Waals surface area contributed by atoms with Gasteiger partial charge in [-0.05, 0) is 19.0 Å². The van der Waals surface area contributed by atoms with Crippen LogP contribution in [0.15, 0.2) is 0 Å². The van der Waals surface area contributed by atoms with Gasteiger partial charge in [-0.25, -0.2) is 0 Å². The number of hydrogen-bond donors (Lipinski definition) is 2. The van der Waals surface area contributed by atoms with Crippen molar-refractivity contribution in [3.8, 4) is 0 Å².